The number of nitrogens with one attached hydrogen (secondary N) is 2. The van der Waals surface area contributed by atoms with Crippen molar-refractivity contribution in [1.82, 2.24) is 15.5 Å². The van der Waals surface area contributed by atoms with Gasteiger partial charge in [0.1, 0.15) is 11.8 Å². The molecular formula is C20H25N3O2. The molecule has 132 valence electrons. The van der Waals surface area contributed by atoms with Crippen molar-refractivity contribution in [3.8, 4) is 0 Å². The van der Waals surface area contributed by atoms with Crippen molar-refractivity contribution in [1.29, 1.82) is 0 Å². The lowest BCUT2D eigenvalue weighted by atomic mass is 10.0. The first-order chi connectivity index (χ1) is 12.3. The van der Waals surface area contributed by atoms with Gasteiger partial charge in [0.15, 0.2) is 0 Å². The molecular weight excluding hydrogens is 314 g/mol. The Bertz CT molecular complexity index is 674. The van der Waals surface area contributed by atoms with E-state index in [0.717, 1.165) is 43.3 Å². The normalized spacial score (nSPS) is 20.2. The van der Waals surface area contributed by atoms with Crippen LogP contribution in [0.4, 0.5) is 4.79 Å². The maximum absolute atomic E-state index is 12.5. The minimum Gasteiger partial charge on any atom is -0.467 e. The van der Waals surface area contributed by atoms with Crippen LogP contribution in [0.2, 0.25) is 0 Å². The molecule has 1 unspecified atom stereocenters. The predicted molar refractivity (Wildman–Crippen MR) is 96.3 cm³/mol. The molecule has 2 aliphatic rings. The monoisotopic (exact) mass is 339 g/mol. The summed E-state index contributed by atoms with van der Waals surface area (Å²) in [6.45, 7) is 2.19. The molecule has 5 nitrogen and oxygen atoms in total. The van der Waals surface area contributed by atoms with Crippen LogP contribution in [-0.4, -0.2) is 36.1 Å². The van der Waals surface area contributed by atoms with Gasteiger partial charge in [-0.3, -0.25) is 0 Å². The van der Waals surface area contributed by atoms with Crippen LogP contribution >= 0.6 is 0 Å². The van der Waals surface area contributed by atoms with E-state index in [2.05, 4.69) is 15.5 Å². The van der Waals surface area contributed by atoms with Gasteiger partial charge in [0.25, 0.3) is 0 Å². The standard InChI is InChI=1S/C20H25N3O2/c24-20(21-16-10-12-23(13-11-16)17-8-9-17)22-19(18-7-4-14-25-18)15-5-2-1-3-6-15/h1-7,14,16-17,19H,8-13H2,(H2,21,22,24). The Morgan fingerprint density at radius 3 is 2.44 bits per heavy atom. The van der Waals surface area contributed by atoms with Crippen LogP contribution in [0.3, 0.4) is 0 Å². The molecule has 0 bridgehead atoms. The summed E-state index contributed by atoms with van der Waals surface area (Å²) in [5, 5.41) is 6.21. The lowest BCUT2D eigenvalue weighted by Crippen LogP contribution is -2.49. The molecule has 1 saturated heterocycles. The van der Waals surface area contributed by atoms with Gasteiger partial charge in [-0.1, -0.05) is 30.3 Å². The fourth-order valence-electron chi connectivity index (χ4n) is 3.63. The molecule has 1 aliphatic carbocycles. The smallest absolute Gasteiger partial charge is 0.315 e. The van der Waals surface area contributed by atoms with Gasteiger partial charge in [-0.25, -0.2) is 4.79 Å². The highest BCUT2D eigenvalue weighted by Crippen LogP contribution is 2.29. The molecule has 4 rings (SSSR count). The van der Waals surface area contributed by atoms with E-state index < -0.39 is 0 Å². The molecule has 2 aromatic rings. The van der Waals surface area contributed by atoms with E-state index in [-0.39, 0.29) is 18.1 Å². The van der Waals surface area contributed by atoms with E-state index in [1.165, 1.54) is 12.8 Å². The number of furan rings is 1. The summed E-state index contributed by atoms with van der Waals surface area (Å²) in [6, 6.07) is 14.3. The Labute approximate surface area is 148 Å². The van der Waals surface area contributed by atoms with Crippen molar-refractivity contribution < 1.29 is 9.21 Å². The topological polar surface area (TPSA) is 57.5 Å². The minimum atomic E-state index is -0.275. The van der Waals surface area contributed by atoms with E-state index in [0.29, 0.717) is 0 Å². The van der Waals surface area contributed by atoms with Crippen LogP contribution in [0.1, 0.15) is 43.0 Å². The Hall–Kier alpha value is -2.27. The fourth-order valence-corrected chi connectivity index (χ4v) is 3.63. The van der Waals surface area contributed by atoms with E-state index >= 15 is 0 Å². The first-order valence-corrected chi connectivity index (χ1v) is 9.19. The van der Waals surface area contributed by atoms with Crippen LogP contribution in [0.5, 0.6) is 0 Å². The average Bonchev–Trinajstić information content (AvgIpc) is 3.36. The van der Waals surface area contributed by atoms with E-state index in [9.17, 15) is 4.79 Å². The van der Waals surface area contributed by atoms with Crippen molar-refractivity contribution >= 4 is 6.03 Å². The number of hydrogen-bond donors (Lipinski definition) is 2. The molecule has 2 amide bonds. The van der Waals surface area contributed by atoms with Gasteiger partial charge < -0.3 is 20.0 Å². The summed E-state index contributed by atoms with van der Waals surface area (Å²) in [6.07, 6.45) is 6.39. The van der Waals surface area contributed by atoms with Gasteiger partial charge in [0, 0.05) is 25.2 Å². The van der Waals surface area contributed by atoms with Crippen molar-refractivity contribution in [3.05, 3.63) is 60.1 Å². The number of carbonyl (C=O) groups excluding carboxylic acids is 1. The molecule has 1 aliphatic heterocycles. The lowest BCUT2D eigenvalue weighted by Gasteiger charge is -2.32. The fraction of sp³-hybridized carbons (Fsp3) is 0.450. The Kier molecular flexibility index (Phi) is 4.74. The number of benzene rings is 1. The third-order valence-electron chi connectivity index (χ3n) is 5.16. The van der Waals surface area contributed by atoms with E-state index in [1.54, 1.807) is 6.26 Å². The first-order valence-electron chi connectivity index (χ1n) is 9.19. The van der Waals surface area contributed by atoms with Crippen LogP contribution in [0.25, 0.3) is 0 Å². The molecule has 25 heavy (non-hydrogen) atoms. The second kappa shape index (κ2) is 7.31. The molecule has 1 saturated carbocycles. The van der Waals surface area contributed by atoms with Crippen molar-refractivity contribution in [2.75, 3.05) is 13.1 Å². The first kappa shape index (κ1) is 16.2. The average molecular weight is 339 g/mol. The van der Waals surface area contributed by atoms with Crippen LogP contribution in [0.15, 0.2) is 53.1 Å². The molecule has 2 fully saturated rings. The Morgan fingerprint density at radius 1 is 1.04 bits per heavy atom. The number of hydrogen-bond acceptors (Lipinski definition) is 3. The zero-order chi connectivity index (χ0) is 17.1. The SMILES string of the molecule is O=C(NC1CCN(C2CC2)CC1)NC(c1ccccc1)c1ccco1. The van der Waals surface area contributed by atoms with Gasteiger partial charge in [0.05, 0.1) is 6.26 Å². The third kappa shape index (κ3) is 4.04. The largest absolute Gasteiger partial charge is 0.467 e. The summed E-state index contributed by atoms with van der Waals surface area (Å²) < 4.78 is 5.54. The molecule has 1 aromatic heterocycles. The van der Waals surface area contributed by atoms with Gasteiger partial charge in [-0.15, -0.1) is 0 Å². The summed E-state index contributed by atoms with van der Waals surface area (Å²) in [5.41, 5.74) is 1.01. The number of rotatable bonds is 5. The zero-order valence-corrected chi connectivity index (χ0v) is 14.4. The van der Waals surface area contributed by atoms with Crippen molar-refractivity contribution in [3.63, 3.8) is 0 Å². The van der Waals surface area contributed by atoms with Crippen LogP contribution in [0, 0.1) is 0 Å². The molecule has 1 atom stereocenters. The molecule has 5 heteroatoms. The molecule has 0 radical (unpaired) electrons. The predicted octanol–water partition coefficient (Wildman–Crippen LogP) is 3.30. The second-order valence-corrected chi connectivity index (χ2v) is 7.02. The van der Waals surface area contributed by atoms with Crippen LogP contribution in [-0.2, 0) is 0 Å². The van der Waals surface area contributed by atoms with E-state index in [1.807, 2.05) is 42.5 Å². The highest BCUT2D eigenvalue weighted by atomic mass is 16.3. The molecule has 0 spiro atoms. The quantitative estimate of drug-likeness (QED) is 0.879. The summed E-state index contributed by atoms with van der Waals surface area (Å²) >= 11 is 0. The Morgan fingerprint density at radius 2 is 1.80 bits per heavy atom. The summed E-state index contributed by atoms with van der Waals surface area (Å²) in [5.74, 6) is 0.741. The molecule has 2 N–H and O–H groups in total. The second-order valence-electron chi connectivity index (χ2n) is 7.02. The molecule has 1 aromatic carbocycles. The maximum atomic E-state index is 12.5. The number of piperidine rings is 1. The van der Waals surface area contributed by atoms with Gasteiger partial charge in [-0.05, 0) is 43.4 Å². The maximum Gasteiger partial charge on any atom is 0.315 e. The van der Waals surface area contributed by atoms with Crippen molar-refractivity contribution in [2.45, 2.75) is 43.8 Å². The molecule has 2 heterocycles. The number of carbonyl (C=O) groups is 1. The zero-order valence-electron chi connectivity index (χ0n) is 14.4. The lowest BCUT2D eigenvalue weighted by molar-refractivity contribution is 0.185. The summed E-state index contributed by atoms with van der Waals surface area (Å²) in [4.78, 5) is 15.1. The highest BCUT2D eigenvalue weighted by Gasteiger charge is 2.32. The van der Waals surface area contributed by atoms with Crippen molar-refractivity contribution in [2.24, 2.45) is 0 Å². The van der Waals surface area contributed by atoms with Gasteiger partial charge in [0.2, 0.25) is 0 Å². The van der Waals surface area contributed by atoms with Crippen LogP contribution < -0.4 is 10.6 Å². The number of urea groups is 1. The summed E-state index contributed by atoms with van der Waals surface area (Å²) in [7, 11) is 0. The third-order valence-corrected chi connectivity index (χ3v) is 5.16. The number of amides is 2. The van der Waals surface area contributed by atoms with Gasteiger partial charge >= 0.3 is 6.03 Å². The number of likely N-dealkylation sites (tertiary alicyclic amines) is 1. The van der Waals surface area contributed by atoms with E-state index in [4.69, 9.17) is 4.42 Å². The van der Waals surface area contributed by atoms with Gasteiger partial charge in [-0.2, -0.15) is 0 Å². The number of nitrogens with zero attached hydrogens (tertiary/aromatic N) is 1. The Balaban J connectivity index is 1.36. The highest BCUT2D eigenvalue weighted by molar-refractivity contribution is 5.75. The minimum absolute atomic E-state index is 0.130.